The van der Waals surface area contributed by atoms with Crippen LogP contribution in [0.1, 0.15) is 42.7 Å². The predicted molar refractivity (Wildman–Crippen MR) is 109 cm³/mol. The number of halogens is 1. The number of fused-ring (bicyclic) bond motifs is 2. The van der Waals surface area contributed by atoms with Gasteiger partial charge in [0.05, 0.1) is 0 Å². The molecular formula is C22H28ClNO3. The van der Waals surface area contributed by atoms with Crippen molar-refractivity contribution in [2.45, 2.75) is 37.8 Å². The number of carboxylic acid groups (broad SMARTS) is 1. The van der Waals surface area contributed by atoms with E-state index in [1.54, 1.807) is 0 Å². The third-order valence-corrected chi connectivity index (χ3v) is 5.32. The summed E-state index contributed by atoms with van der Waals surface area (Å²) < 4.78 is 0. The molecule has 2 fully saturated rings. The third kappa shape index (κ3) is 5.80. The van der Waals surface area contributed by atoms with Crippen molar-refractivity contribution in [1.29, 1.82) is 0 Å². The quantitative estimate of drug-likeness (QED) is 0.828. The molecule has 2 saturated heterocycles. The van der Waals surface area contributed by atoms with Crippen molar-refractivity contribution in [1.82, 2.24) is 4.90 Å². The van der Waals surface area contributed by atoms with Crippen LogP contribution in [0.4, 0.5) is 0 Å². The highest BCUT2D eigenvalue weighted by Crippen LogP contribution is 2.28. The van der Waals surface area contributed by atoms with Gasteiger partial charge >= 0.3 is 5.97 Å². The molecule has 0 spiro atoms. The number of rotatable bonds is 3. The summed E-state index contributed by atoms with van der Waals surface area (Å²) >= 11 is 0. The van der Waals surface area contributed by atoms with Gasteiger partial charge in [-0.2, -0.15) is 0 Å². The van der Waals surface area contributed by atoms with E-state index in [-0.39, 0.29) is 18.6 Å². The predicted octanol–water partition coefficient (Wildman–Crippen LogP) is 4.14. The molecule has 2 bridgehead atoms. The number of carbonyl (C=O) groups is 1. The molecule has 3 atom stereocenters. The number of aliphatic hydroxyl groups is 1. The topological polar surface area (TPSA) is 60.8 Å². The monoisotopic (exact) mass is 389 g/mol. The van der Waals surface area contributed by atoms with E-state index in [1.807, 2.05) is 60.7 Å². The molecule has 4 nitrogen and oxygen atoms in total. The van der Waals surface area contributed by atoms with E-state index in [1.165, 1.54) is 19.3 Å². The van der Waals surface area contributed by atoms with E-state index in [0.717, 1.165) is 36.6 Å². The fraction of sp³-hybridized carbons (Fsp3) is 0.409. The second-order valence-corrected chi connectivity index (χ2v) is 7.15. The fourth-order valence-electron chi connectivity index (χ4n) is 3.94. The summed E-state index contributed by atoms with van der Waals surface area (Å²) in [4.78, 5) is 13.5. The van der Waals surface area contributed by atoms with Crippen molar-refractivity contribution in [2.75, 3.05) is 13.1 Å². The van der Waals surface area contributed by atoms with Crippen LogP contribution in [-0.2, 0) is 4.79 Å². The van der Waals surface area contributed by atoms with Crippen LogP contribution in [0.5, 0.6) is 0 Å². The van der Waals surface area contributed by atoms with Crippen molar-refractivity contribution in [3.63, 3.8) is 0 Å². The number of aliphatic hydroxyl groups excluding tert-OH is 1. The van der Waals surface area contributed by atoms with Gasteiger partial charge in [0.25, 0.3) is 0 Å². The lowest BCUT2D eigenvalue weighted by atomic mass is 9.89. The lowest BCUT2D eigenvalue weighted by Gasteiger charge is -2.40. The minimum Gasteiger partial charge on any atom is -0.481 e. The molecule has 2 N–H and O–H groups in total. The molecular weight excluding hydrogens is 362 g/mol. The summed E-state index contributed by atoms with van der Waals surface area (Å²) in [6.45, 7) is 2.28. The van der Waals surface area contributed by atoms with Crippen LogP contribution in [0, 0.1) is 5.92 Å². The summed E-state index contributed by atoms with van der Waals surface area (Å²) in [5, 5.41) is 18.7. The van der Waals surface area contributed by atoms with E-state index in [2.05, 4.69) is 4.90 Å². The smallest absolute Gasteiger partial charge is 0.315 e. The van der Waals surface area contributed by atoms with Crippen LogP contribution in [-0.4, -0.2) is 40.4 Å². The summed E-state index contributed by atoms with van der Waals surface area (Å²) in [7, 11) is 0. The average Bonchev–Trinajstić information content (AvgIpc) is 2.68. The van der Waals surface area contributed by atoms with Crippen LogP contribution in [0.25, 0.3) is 0 Å². The lowest BCUT2D eigenvalue weighted by Crippen LogP contribution is -2.46. The number of benzene rings is 2. The number of piperidine rings is 2. The minimum absolute atomic E-state index is 0. The van der Waals surface area contributed by atoms with Crippen molar-refractivity contribution in [3.05, 3.63) is 71.8 Å². The Kier molecular flexibility index (Phi) is 8.29. The van der Waals surface area contributed by atoms with Gasteiger partial charge in [0, 0.05) is 13.1 Å². The molecule has 2 aromatic rings. The molecule has 0 amide bonds. The van der Waals surface area contributed by atoms with Crippen LogP contribution < -0.4 is 0 Å². The average molecular weight is 390 g/mol. The minimum atomic E-state index is -0.822. The van der Waals surface area contributed by atoms with Crippen LogP contribution >= 0.6 is 12.4 Å². The number of hydrogen-bond donors (Lipinski definition) is 2. The fourth-order valence-corrected chi connectivity index (χ4v) is 3.94. The Balaban J connectivity index is 0.000000205. The number of hydrogen-bond acceptors (Lipinski definition) is 3. The maximum absolute atomic E-state index is 11.3. The van der Waals surface area contributed by atoms with Crippen LogP contribution in [0.3, 0.4) is 0 Å². The zero-order valence-corrected chi connectivity index (χ0v) is 16.2. The molecule has 5 heteroatoms. The second kappa shape index (κ2) is 10.5. The third-order valence-electron chi connectivity index (χ3n) is 5.32. The van der Waals surface area contributed by atoms with Crippen molar-refractivity contribution in [2.24, 2.45) is 5.92 Å². The number of aliphatic carboxylic acids is 1. The first-order valence-electron chi connectivity index (χ1n) is 9.40. The Labute approximate surface area is 167 Å². The number of carboxylic acids is 1. The Morgan fingerprint density at radius 2 is 1.48 bits per heavy atom. The molecule has 3 unspecified atom stereocenters. The highest BCUT2D eigenvalue weighted by Gasteiger charge is 2.29. The van der Waals surface area contributed by atoms with E-state index in [4.69, 9.17) is 0 Å². The van der Waals surface area contributed by atoms with Gasteiger partial charge in [-0.05, 0) is 42.7 Å². The maximum Gasteiger partial charge on any atom is 0.315 e. The summed E-state index contributed by atoms with van der Waals surface area (Å²) in [5.74, 6) is -0.503. The van der Waals surface area contributed by atoms with Crippen LogP contribution in [0.2, 0.25) is 0 Å². The molecule has 2 aliphatic heterocycles. The van der Waals surface area contributed by atoms with Gasteiger partial charge in [-0.3, -0.25) is 9.69 Å². The summed E-state index contributed by atoms with van der Waals surface area (Å²) in [5.41, 5.74) is 1.61. The molecule has 0 aliphatic carbocycles. The van der Waals surface area contributed by atoms with E-state index in [0.29, 0.717) is 0 Å². The van der Waals surface area contributed by atoms with Gasteiger partial charge in [0.2, 0.25) is 0 Å². The zero-order valence-electron chi connectivity index (χ0n) is 15.4. The zero-order chi connectivity index (χ0) is 18.4. The molecule has 146 valence electrons. The normalized spacial score (nSPS) is 23.6. The van der Waals surface area contributed by atoms with E-state index >= 15 is 0 Å². The van der Waals surface area contributed by atoms with Gasteiger partial charge in [0.1, 0.15) is 12.1 Å². The molecule has 4 rings (SSSR count). The van der Waals surface area contributed by atoms with E-state index in [9.17, 15) is 15.0 Å². The summed E-state index contributed by atoms with van der Waals surface area (Å²) in [6.07, 6.45) is 4.82. The first kappa shape index (κ1) is 21.4. The molecule has 0 aromatic heterocycles. The van der Waals surface area contributed by atoms with Gasteiger partial charge in [0.15, 0.2) is 0 Å². The Bertz CT molecular complexity index is 654. The molecule has 2 aliphatic rings. The van der Waals surface area contributed by atoms with Gasteiger partial charge in [-0.1, -0.05) is 60.7 Å². The lowest BCUT2D eigenvalue weighted by molar-refractivity contribution is -0.137. The second-order valence-electron chi connectivity index (χ2n) is 7.15. The van der Waals surface area contributed by atoms with Gasteiger partial charge < -0.3 is 10.2 Å². The first-order valence-corrected chi connectivity index (χ1v) is 9.40. The molecule has 2 heterocycles. The Morgan fingerprint density at radius 3 is 1.96 bits per heavy atom. The Hall–Kier alpha value is -1.88. The number of nitrogens with zero attached hydrogens (tertiary/aromatic N) is 1. The maximum atomic E-state index is 11.3. The summed E-state index contributed by atoms with van der Waals surface area (Å²) in [6, 6.07) is 18.5. The van der Waals surface area contributed by atoms with Gasteiger partial charge in [-0.25, -0.2) is 0 Å². The molecule has 0 radical (unpaired) electrons. The van der Waals surface area contributed by atoms with Crippen molar-refractivity contribution >= 4 is 18.4 Å². The highest BCUT2D eigenvalue weighted by atomic mass is 35.5. The molecule has 2 aromatic carbocycles. The Morgan fingerprint density at radius 1 is 0.926 bits per heavy atom. The molecule has 27 heavy (non-hydrogen) atoms. The van der Waals surface area contributed by atoms with Gasteiger partial charge in [-0.15, -0.1) is 12.4 Å². The van der Waals surface area contributed by atoms with Crippen molar-refractivity contribution < 1.29 is 15.0 Å². The SMILES string of the molecule is Cl.O=C(O)C(c1ccccc1)c1ccccc1.OC1CCC2CCCN1C2. The van der Waals surface area contributed by atoms with E-state index < -0.39 is 11.9 Å². The first-order chi connectivity index (χ1) is 12.6. The highest BCUT2D eigenvalue weighted by molar-refractivity contribution is 5.85. The largest absolute Gasteiger partial charge is 0.481 e. The standard InChI is InChI=1S/C14H12O2.C8H15NO.ClH/c15-14(16)13(11-7-3-1-4-8-11)12-9-5-2-6-10-12;10-8-4-3-7-2-1-5-9(8)6-7;/h1-10,13H,(H,15,16);7-8,10H,1-6H2;1H. The molecule has 0 saturated carbocycles. The van der Waals surface area contributed by atoms with Crippen LogP contribution in [0.15, 0.2) is 60.7 Å². The van der Waals surface area contributed by atoms with Crippen molar-refractivity contribution in [3.8, 4) is 0 Å².